The molecule has 5 aliphatic heterocycles. The highest BCUT2D eigenvalue weighted by Crippen LogP contribution is 2.71. The van der Waals surface area contributed by atoms with E-state index in [4.69, 9.17) is 0 Å². The molecule has 146 valence electrons. The van der Waals surface area contributed by atoms with E-state index in [1.165, 1.54) is 17.7 Å². The normalized spacial score (nSPS) is 53.7. The lowest BCUT2D eigenvalue weighted by molar-refractivity contribution is -1.04. The van der Waals surface area contributed by atoms with Crippen molar-refractivity contribution in [1.29, 1.82) is 0 Å². The molecule has 5 bridgehead atoms. The largest absolute Gasteiger partial charge is 0.392 e. The third-order valence-electron chi connectivity index (χ3n) is 9.73. The van der Waals surface area contributed by atoms with Crippen molar-refractivity contribution in [2.24, 2.45) is 17.8 Å². The number of benzene rings is 1. The molecule has 4 saturated heterocycles. The van der Waals surface area contributed by atoms with E-state index in [9.17, 15) is 10.2 Å². The van der Waals surface area contributed by atoms with Gasteiger partial charge in [-0.05, 0) is 30.4 Å². The number of fused-ring (bicyclic) bond motifs is 2. The summed E-state index contributed by atoms with van der Waals surface area (Å²) in [6, 6.07) is 9.97. The van der Waals surface area contributed by atoms with Crippen LogP contribution in [0.2, 0.25) is 0 Å². The third-order valence-corrected chi connectivity index (χ3v) is 9.73. The standard InChI is InChI=1S/C23H33N2O2/c1-4-10-25-17-11-14(13(5-2)22(25)27)19-18(25)12-23(21(19)26)15-8-6-7-9-16(15)24(3)20(17)23/h6-9,13-14,17-22,26-27H,4-5,10-12H2,1-3H3/q+1/t13-,14?,17-,18-,19?,20-,21?,22+,23?,25-/m0/s1. The van der Waals surface area contributed by atoms with E-state index in [2.05, 4.69) is 50.1 Å². The zero-order chi connectivity index (χ0) is 18.7. The minimum absolute atomic E-state index is 0.127. The maximum Gasteiger partial charge on any atom is 0.194 e. The molecule has 1 aromatic carbocycles. The van der Waals surface area contributed by atoms with Crippen molar-refractivity contribution in [3.05, 3.63) is 29.8 Å². The molecule has 1 spiro atoms. The van der Waals surface area contributed by atoms with E-state index in [1.54, 1.807) is 0 Å². The molecule has 1 saturated carbocycles. The third kappa shape index (κ3) is 1.51. The Labute approximate surface area is 162 Å². The number of aliphatic hydroxyl groups is 2. The van der Waals surface area contributed by atoms with Crippen molar-refractivity contribution in [1.82, 2.24) is 0 Å². The summed E-state index contributed by atoms with van der Waals surface area (Å²) in [6.45, 7) is 5.56. The van der Waals surface area contributed by atoms with Crippen LogP contribution in [0.1, 0.15) is 45.1 Å². The number of anilines is 1. The number of para-hydroxylation sites is 1. The lowest BCUT2D eigenvalue weighted by atomic mass is 9.60. The minimum Gasteiger partial charge on any atom is -0.392 e. The Bertz CT molecular complexity index is 798. The van der Waals surface area contributed by atoms with Gasteiger partial charge in [0.15, 0.2) is 6.23 Å². The van der Waals surface area contributed by atoms with Gasteiger partial charge < -0.3 is 15.1 Å². The first-order chi connectivity index (χ1) is 13.0. The lowest BCUT2D eigenvalue weighted by Crippen LogP contribution is -2.83. The van der Waals surface area contributed by atoms with Crippen LogP contribution in [-0.4, -0.2) is 58.7 Å². The summed E-state index contributed by atoms with van der Waals surface area (Å²) in [5.41, 5.74) is 2.56. The summed E-state index contributed by atoms with van der Waals surface area (Å²) in [5.74, 6) is 1.18. The number of nitrogens with zero attached hydrogens (tertiary/aromatic N) is 2. The SMILES string of the molecule is CCC[N@+]12[C@H](O)[C@@H](CC)C3C[C@H]1[C@@H]1N(C)c4ccccc4C14C[C@H]2C3C4O. The fourth-order valence-electron chi connectivity index (χ4n) is 9.23. The van der Waals surface area contributed by atoms with Crippen LogP contribution < -0.4 is 4.90 Å². The Hall–Kier alpha value is -1.10. The smallest absolute Gasteiger partial charge is 0.194 e. The molecule has 4 heteroatoms. The maximum absolute atomic E-state index is 11.9. The molecule has 4 nitrogen and oxygen atoms in total. The van der Waals surface area contributed by atoms with Gasteiger partial charge in [-0.15, -0.1) is 0 Å². The zero-order valence-corrected chi connectivity index (χ0v) is 16.8. The summed E-state index contributed by atoms with van der Waals surface area (Å²) in [7, 11) is 2.23. The van der Waals surface area contributed by atoms with E-state index in [0.717, 1.165) is 30.3 Å². The maximum atomic E-state index is 11.9. The van der Waals surface area contributed by atoms with Crippen LogP contribution in [0.5, 0.6) is 0 Å². The Kier molecular flexibility index (Phi) is 3.17. The van der Waals surface area contributed by atoms with Gasteiger partial charge in [-0.3, -0.25) is 4.48 Å². The molecule has 7 rings (SSSR count). The Morgan fingerprint density at radius 2 is 1.96 bits per heavy atom. The van der Waals surface area contributed by atoms with Gasteiger partial charge in [0.25, 0.3) is 0 Å². The first kappa shape index (κ1) is 16.8. The number of piperidine rings is 4. The lowest BCUT2D eigenvalue weighted by Gasteiger charge is -2.68. The number of hydrogen-bond donors (Lipinski definition) is 2. The molecule has 0 radical (unpaired) electrons. The van der Waals surface area contributed by atoms with E-state index in [-0.39, 0.29) is 17.7 Å². The fraction of sp³-hybridized carbons (Fsp3) is 0.739. The summed E-state index contributed by atoms with van der Waals surface area (Å²) in [4.78, 5) is 2.48. The highest BCUT2D eigenvalue weighted by molar-refractivity contribution is 5.66. The van der Waals surface area contributed by atoms with Crippen LogP contribution in [0.4, 0.5) is 5.69 Å². The van der Waals surface area contributed by atoms with E-state index in [1.807, 2.05) is 0 Å². The van der Waals surface area contributed by atoms with Crippen LogP contribution in [0.25, 0.3) is 0 Å². The highest BCUT2D eigenvalue weighted by Gasteiger charge is 2.82. The van der Waals surface area contributed by atoms with Gasteiger partial charge in [0.2, 0.25) is 0 Å². The molecule has 2 N–H and O–H groups in total. The summed E-state index contributed by atoms with van der Waals surface area (Å²) in [5, 5.41) is 23.6. The van der Waals surface area contributed by atoms with Crippen molar-refractivity contribution in [3.8, 4) is 0 Å². The van der Waals surface area contributed by atoms with E-state index in [0.29, 0.717) is 35.9 Å². The molecular weight excluding hydrogens is 336 g/mol. The van der Waals surface area contributed by atoms with Crippen LogP contribution in [0.3, 0.4) is 0 Å². The Morgan fingerprint density at radius 3 is 2.70 bits per heavy atom. The zero-order valence-electron chi connectivity index (χ0n) is 16.8. The van der Waals surface area contributed by atoms with Crippen LogP contribution in [-0.2, 0) is 5.41 Å². The topological polar surface area (TPSA) is 43.7 Å². The molecule has 5 fully saturated rings. The summed E-state index contributed by atoms with van der Waals surface area (Å²) >= 11 is 0. The van der Waals surface area contributed by atoms with Crippen molar-refractivity contribution < 1.29 is 14.7 Å². The van der Waals surface area contributed by atoms with Gasteiger partial charge in [-0.25, -0.2) is 0 Å². The first-order valence-electron chi connectivity index (χ1n) is 11.1. The number of quaternary nitrogens is 1. The van der Waals surface area contributed by atoms with Crippen molar-refractivity contribution in [2.45, 2.75) is 75.4 Å². The average Bonchev–Trinajstić information content (AvgIpc) is 3.06. The molecule has 0 aromatic heterocycles. The molecule has 5 heterocycles. The van der Waals surface area contributed by atoms with Gasteiger partial charge in [0.1, 0.15) is 6.04 Å². The second kappa shape index (κ2) is 5.08. The molecule has 6 aliphatic rings. The first-order valence-corrected chi connectivity index (χ1v) is 11.1. The summed E-state index contributed by atoms with van der Waals surface area (Å²) in [6.07, 6.45) is 3.84. The molecular formula is C23H33N2O2+. The molecule has 1 aromatic rings. The average molecular weight is 370 g/mol. The number of aliphatic hydroxyl groups excluding tert-OH is 2. The van der Waals surface area contributed by atoms with E-state index >= 15 is 0 Å². The molecule has 4 unspecified atom stereocenters. The number of likely N-dealkylation sites (N-methyl/N-ethyl adjacent to an activating group) is 1. The Balaban J connectivity index is 1.62. The van der Waals surface area contributed by atoms with Crippen LogP contribution in [0, 0.1) is 17.8 Å². The monoisotopic (exact) mass is 369 g/mol. The van der Waals surface area contributed by atoms with Gasteiger partial charge in [-0.2, -0.15) is 0 Å². The van der Waals surface area contributed by atoms with Gasteiger partial charge >= 0.3 is 0 Å². The summed E-state index contributed by atoms with van der Waals surface area (Å²) < 4.78 is 0.873. The second-order valence-electron chi connectivity index (χ2n) is 10.1. The quantitative estimate of drug-likeness (QED) is 0.805. The molecule has 1 aliphatic carbocycles. The molecule has 10 atom stereocenters. The second-order valence-corrected chi connectivity index (χ2v) is 10.1. The predicted octanol–water partition coefficient (Wildman–Crippen LogP) is 2.48. The Morgan fingerprint density at radius 1 is 1.19 bits per heavy atom. The predicted molar refractivity (Wildman–Crippen MR) is 105 cm³/mol. The molecule has 27 heavy (non-hydrogen) atoms. The minimum atomic E-state index is -0.271. The number of hydrogen-bond acceptors (Lipinski definition) is 3. The van der Waals surface area contributed by atoms with Gasteiger partial charge in [-0.1, -0.05) is 32.0 Å². The van der Waals surface area contributed by atoms with Crippen molar-refractivity contribution in [2.75, 3.05) is 18.5 Å². The van der Waals surface area contributed by atoms with Crippen LogP contribution >= 0.6 is 0 Å². The number of rotatable bonds is 3. The van der Waals surface area contributed by atoms with Gasteiger partial charge in [0, 0.05) is 37.4 Å². The molecule has 0 amide bonds. The van der Waals surface area contributed by atoms with Crippen LogP contribution in [0.15, 0.2) is 24.3 Å². The highest BCUT2D eigenvalue weighted by atomic mass is 16.3. The van der Waals surface area contributed by atoms with Crippen molar-refractivity contribution in [3.63, 3.8) is 0 Å². The van der Waals surface area contributed by atoms with E-state index < -0.39 is 0 Å². The van der Waals surface area contributed by atoms with Gasteiger partial charge in [0.05, 0.1) is 30.1 Å². The van der Waals surface area contributed by atoms with Crippen molar-refractivity contribution >= 4 is 5.69 Å². The fourth-order valence-corrected chi connectivity index (χ4v) is 9.23.